The number of nitrogens with two attached hydrogens (primary N) is 1. The van der Waals surface area contributed by atoms with E-state index in [4.69, 9.17) is 22.6 Å². The van der Waals surface area contributed by atoms with E-state index in [1.807, 2.05) is 6.07 Å². The highest BCUT2D eigenvalue weighted by molar-refractivity contribution is 6.32. The average molecular weight is 305 g/mol. The third-order valence-electron chi connectivity index (χ3n) is 3.04. The molecule has 2 N–H and O–H groups in total. The summed E-state index contributed by atoms with van der Waals surface area (Å²) in [4.78, 5) is 4.06. The predicted octanol–water partition coefficient (Wildman–Crippen LogP) is 3.41. The molecule has 4 nitrogen and oxygen atoms in total. The van der Waals surface area contributed by atoms with Crippen LogP contribution in [-0.2, 0) is 0 Å². The van der Waals surface area contributed by atoms with Crippen molar-refractivity contribution >= 4 is 28.6 Å². The number of nitrogens with zero attached hydrogens (tertiary/aromatic N) is 3. The van der Waals surface area contributed by atoms with Gasteiger partial charge >= 0.3 is 0 Å². The Morgan fingerprint density at radius 1 is 1.29 bits per heavy atom. The van der Waals surface area contributed by atoms with Crippen LogP contribution in [0.15, 0.2) is 30.3 Å². The Balaban J connectivity index is 2.42. The molecule has 1 heterocycles. The number of fused-ring (bicyclic) bond motifs is 1. The van der Waals surface area contributed by atoms with Gasteiger partial charge in [0.05, 0.1) is 16.1 Å². The van der Waals surface area contributed by atoms with Gasteiger partial charge in [-0.05, 0) is 18.2 Å². The van der Waals surface area contributed by atoms with Gasteiger partial charge in [-0.3, -0.25) is 4.57 Å². The lowest BCUT2D eigenvalue weighted by molar-refractivity contribution is 0.579. The molecule has 0 saturated carbocycles. The summed E-state index contributed by atoms with van der Waals surface area (Å²) in [6, 6.07) is 8.49. The summed E-state index contributed by atoms with van der Waals surface area (Å²) in [5.74, 6) is -1.70. The highest BCUT2D eigenvalue weighted by Crippen LogP contribution is 2.31. The normalized spacial score (nSPS) is 10.8. The molecule has 0 aliphatic heterocycles. The zero-order valence-corrected chi connectivity index (χ0v) is 11.2. The monoisotopic (exact) mass is 304 g/mol. The van der Waals surface area contributed by atoms with Crippen LogP contribution in [0, 0.1) is 23.0 Å². The van der Waals surface area contributed by atoms with Crippen molar-refractivity contribution in [2.45, 2.75) is 0 Å². The second-order valence-electron chi connectivity index (χ2n) is 4.31. The lowest BCUT2D eigenvalue weighted by Gasteiger charge is -2.10. The number of hydrogen-bond donors (Lipinski definition) is 1. The highest BCUT2D eigenvalue weighted by atomic mass is 35.5. The number of para-hydroxylation sites is 1. The van der Waals surface area contributed by atoms with Crippen molar-refractivity contribution in [2.75, 3.05) is 5.73 Å². The summed E-state index contributed by atoms with van der Waals surface area (Å²) in [6.45, 7) is 0. The molecule has 0 spiro atoms. The lowest BCUT2D eigenvalue weighted by atomic mass is 10.2. The molecule has 0 amide bonds. The minimum atomic E-state index is -0.867. The van der Waals surface area contributed by atoms with Crippen molar-refractivity contribution in [3.63, 3.8) is 0 Å². The Bertz CT molecular complexity index is 888. The maximum absolute atomic E-state index is 14.1. The largest absolute Gasteiger partial charge is 0.369 e. The standard InChI is InChI=1S/C14H7ClF2N4/c15-9-4-8(16)5-10(17)13(9)21-11-3-1-2-7(6-18)12(11)20-14(21)19/h1-5H,(H2,19,20). The molecule has 0 aliphatic carbocycles. The first-order valence-electron chi connectivity index (χ1n) is 5.85. The summed E-state index contributed by atoms with van der Waals surface area (Å²) in [7, 11) is 0. The van der Waals surface area contributed by atoms with Crippen LogP contribution in [-0.4, -0.2) is 9.55 Å². The van der Waals surface area contributed by atoms with Gasteiger partial charge in [-0.25, -0.2) is 13.8 Å². The van der Waals surface area contributed by atoms with Gasteiger partial charge in [-0.1, -0.05) is 17.7 Å². The Hall–Kier alpha value is -2.65. The van der Waals surface area contributed by atoms with E-state index in [-0.39, 0.29) is 16.7 Å². The van der Waals surface area contributed by atoms with Gasteiger partial charge in [0.25, 0.3) is 0 Å². The quantitative estimate of drug-likeness (QED) is 0.749. The van der Waals surface area contributed by atoms with Crippen LogP contribution in [0.2, 0.25) is 5.02 Å². The van der Waals surface area contributed by atoms with E-state index >= 15 is 0 Å². The number of anilines is 1. The fraction of sp³-hybridized carbons (Fsp3) is 0. The first kappa shape index (κ1) is 13.3. The molecule has 1 aromatic heterocycles. The molecule has 7 heteroatoms. The molecule has 0 atom stereocenters. The topological polar surface area (TPSA) is 67.6 Å². The number of rotatable bonds is 1. The Morgan fingerprint density at radius 2 is 2.05 bits per heavy atom. The molecular formula is C14H7ClF2N4. The second-order valence-corrected chi connectivity index (χ2v) is 4.72. The summed E-state index contributed by atoms with van der Waals surface area (Å²) in [6.07, 6.45) is 0. The smallest absolute Gasteiger partial charge is 0.206 e. The minimum absolute atomic E-state index is 0.0416. The molecule has 0 bridgehead atoms. The fourth-order valence-electron chi connectivity index (χ4n) is 2.19. The SMILES string of the molecule is N#Cc1cccc2c1nc(N)n2-c1c(F)cc(F)cc1Cl. The molecule has 0 radical (unpaired) electrons. The number of halogens is 3. The molecule has 0 fully saturated rings. The number of imidazole rings is 1. The van der Waals surface area contributed by atoms with Crippen LogP contribution < -0.4 is 5.73 Å². The van der Waals surface area contributed by atoms with E-state index in [1.165, 1.54) is 4.57 Å². The van der Waals surface area contributed by atoms with Gasteiger partial charge in [0.15, 0.2) is 5.82 Å². The number of hydrogen-bond acceptors (Lipinski definition) is 3. The maximum atomic E-state index is 14.1. The van der Waals surface area contributed by atoms with Crippen molar-refractivity contribution in [3.05, 3.63) is 52.6 Å². The van der Waals surface area contributed by atoms with Crippen molar-refractivity contribution in [1.29, 1.82) is 5.26 Å². The van der Waals surface area contributed by atoms with Crippen molar-refractivity contribution in [3.8, 4) is 11.8 Å². The third kappa shape index (κ3) is 1.99. The van der Waals surface area contributed by atoms with Gasteiger partial charge in [-0.2, -0.15) is 5.26 Å². The zero-order chi connectivity index (χ0) is 15.1. The highest BCUT2D eigenvalue weighted by Gasteiger charge is 2.19. The summed E-state index contributed by atoms with van der Waals surface area (Å²) < 4.78 is 28.5. The molecule has 0 aliphatic rings. The van der Waals surface area contributed by atoms with Crippen molar-refractivity contribution in [1.82, 2.24) is 9.55 Å². The molecule has 21 heavy (non-hydrogen) atoms. The molecule has 3 rings (SSSR count). The summed E-state index contributed by atoms with van der Waals surface area (Å²) in [5.41, 5.74) is 6.75. The van der Waals surface area contributed by atoms with Crippen LogP contribution in [0.25, 0.3) is 16.7 Å². The van der Waals surface area contributed by atoms with E-state index in [2.05, 4.69) is 4.98 Å². The van der Waals surface area contributed by atoms with Gasteiger partial charge < -0.3 is 5.73 Å². The molecule has 3 aromatic rings. The predicted molar refractivity (Wildman–Crippen MR) is 75.1 cm³/mol. The average Bonchev–Trinajstić information content (AvgIpc) is 2.74. The first-order valence-corrected chi connectivity index (χ1v) is 6.22. The minimum Gasteiger partial charge on any atom is -0.369 e. The van der Waals surface area contributed by atoms with E-state index in [1.54, 1.807) is 18.2 Å². The molecule has 104 valence electrons. The van der Waals surface area contributed by atoms with Gasteiger partial charge in [0.2, 0.25) is 5.95 Å². The molecular weight excluding hydrogens is 298 g/mol. The van der Waals surface area contributed by atoms with Gasteiger partial charge in [0.1, 0.15) is 23.1 Å². The number of benzene rings is 2. The van der Waals surface area contributed by atoms with Crippen LogP contribution >= 0.6 is 11.6 Å². The van der Waals surface area contributed by atoms with E-state index in [9.17, 15) is 8.78 Å². The summed E-state index contributed by atoms with van der Waals surface area (Å²) in [5, 5.41) is 8.92. The van der Waals surface area contributed by atoms with Gasteiger partial charge in [-0.15, -0.1) is 0 Å². The van der Waals surface area contributed by atoms with Gasteiger partial charge in [0, 0.05) is 6.07 Å². The Morgan fingerprint density at radius 3 is 2.71 bits per heavy atom. The third-order valence-corrected chi connectivity index (χ3v) is 3.32. The van der Waals surface area contributed by atoms with Crippen LogP contribution in [0.4, 0.5) is 14.7 Å². The van der Waals surface area contributed by atoms with E-state index in [0.29, 0.717) is 22.7 Å². The second kappa shape index (κ2) is 4.72. The maximum Gasteiger partial charge on any atom is 0.206 e. The zero-order valence-electron chi connectivity index (χ0n) is 10.4. The molecule has 0 unspecified atom stereocenters. The Kier molecular flexibility index (Phi) is 3.00. The van der Waals surface area contributed by atoms with E-state index in [0.717, 1.165) is 6.07 Å². The van der Waals surface area contributed by atoms with Crippen molar-refractivity contribution in [2.24, 2.45) is 0 Å². The molecule has 2 aromatic carbocycles. The summed E-state index contributed by atoms with van der Waals surface area (Å²) >= 11 is 5.92. The van der Waals surface area contributed by atoms with Crippen LogP contribution in [0.5, 0.6) is 0 Å². The number of aromatic nitrogens is 2. The molecule has 0 saturated heterocycles. The van der Waals surface area contributed by atoms with Crippen molar-refractivity contribution < 1.29 is 8.78 Å². The first-order chi connectivity index (χ1) is 10.0. The van der Waals surface area contributed by atoms with Crippen LogP contribution in [0.1, 0.15) is 5.56 Å². The number of nitrogen functional groups attached to an aromatic ring is 1. The lowest BCUT2D eigenvalue weighted by Crippen LogP contribution is -2.04. The van der Waals surface area contributed by atoms with Crippen LogP contribution in [0.3, 0.4) is 0 Å². The fourth-order valence-corrected chi connectivity index (χ4v) is 2.47. The number of nitriles is 1. The Labute approximate surface area is 123 Å². The van der Waals surface area contributed by atoms with E-state index < -0.39 is 11.6 Å².